The second-order valence-electron chi connectivity index (χ2n) is 18.9. The Kier molecular flexibility index (Phi) is 51.3. The Hall–Kier alpha value is -2.37. The van der Waals surface area contributed by atoms with Gasteiger partial charge in [0.1, 0.15) is 13.2 Å². The largest absolute Gasteiger partial charge is 0.462 e. The van der Waals surface area contributed by atoms with Crippen LogP contribution in [0.2, 0.25) is 0 Å². The molecule has 1 unspecified atom stereocenters. The van der Waals surface area contributed by atoms with Gasteiger partial charge in [-0.05, 0) is 57.8 Å². The SMILES string of the molecule is CCCCCCC/C=C\C/C=C\C/C=C\CCCCCCCCCCCCCCC(=O)OCC(COC(=O)CCCCCCC)OC(=O)CCCCCCCCCCCCCCCC. The molecule has 0 aromatic carbocycles. The van der Waals surface area contributed by atoms with Gasteiger partial charge in [-0.1, -0.05) is 256 Å². The molecule has 0 aliphatic heterocycles. The summed E-state index contributed by atoms with van der Waals surface area (Å²) in [5.41, 5.74) is 0. The van der Waals surface area contributed by atoms with E-state index in [-0.39, 0.29) is 31.1 Å². The molecule has 0 fully saturated rings. The van der Waals surface area contributed by atoms with E-state index >= 15 is 0 Å². The first-order valence-corrected chi connectivity index (χ1v) is 28.0. The highest BCUT2D eigenvalue weighted by Gasteiger charge is 2.19. The molecule has 6 heteroatoms. The molecule has 0 aromatic rings. The minimum atomic E-state index is -0.765. The van der Waals surface area contributed by atoms with Crippen LogP contribution in [0, 0.1) is 0 Å². The predicted octanol–water partition coefficient (Wildman–Crippen LogP) is 18.5. The van der Waals surface area contributed by atoms with E-state index in [2.05, 4.69) is 57.2 Å². The van der Waals surface area contributed by atoms with Gasteiger partial charge in [0, 0.05) is 19.3 Å². The predicted molar refractivity (Wildman–Crippen MR) is 275 cm³/mol. The summed E-state index contributed by atoms with van der Waals surface area (Å²) in [7, 11) is 0. The summed E-state index contributed by atoms with van der Waals surface area (Å²) in [4.78, 5) is 37.7. The summed E-state index contributed by atoms with van der Waals surface area (Å²) in [5, 5.41) is 0. The Morgan fingerprint density at radius 1 is 0.312 bits per heavy atom. The molecule has 0 aliphatic rings. The van der Waals surface area contributed by atoms with Gasteiger partial charge in [-0.25, -0.2) is 0 Å². The summed E-state index contributed by atoms with van der Waals surface area (Å²) in [5.74, 6) is -0.872. The summed E-state index contributed by atoms with van der Waals surface area (Å²) >= 11 is 0. The lowest BCUT2D eigenvalue weighted by molar-refractivity contribution is -0.167. The molecule has 64 heavy (non-hydrogen) atoms. The van der Waals surface area contributed by atoms with Crippen LogP contribution >= 0.6 is 0 Å². The van der Waals surface area contributed by atoms with Gasteiger partial charge < -0.3 is 14.2 Å². The fourth-order valence-electron chi connectivity index (χ4n) is 8.16. The monoisotopic (exact) mass is 899 g/mol. The molecule has 0 saturated carbocycles. The van der Waals surface area contributed by atoms with Gasteiger partial charge in [-0.15, -0.1) is 0 Å². The standard InChI is InChI=1S/C58H106O6/c1-4-7-10-13-15-17-19-21-23-24-25-26-27-28-29-30-31-32-33-34-35-37-38-40-42-45-48-51-57(60)63-54-55(53-62-56(59)50-47-44-12-9-6-3)64-58(61)52-49-46-43-41-39-36-22-20-18-16-14-11-8-5-2/h19,21,24-25,27-28,55H,4-18,20,22-23,26,29-54H2,1-3H3/b21-19-,25-24-,28-27-. The second-order valence-corrected chi connectivity index (χ2v) is 18.9. The number of unbranched alkanes of at least 4 members (excludes halogenated alkanes) is 34. The van der Waals surface area contributed by atoms with Crippen LogP contribution in [0.3, 0.4) is 0 Å². The van der Waals surface area contributed by atoms with Gasteiger partial charge >= 0.3 is 17.9 Å². The molecule has 1 atom stereocenters. The third-order valence-corrected chi connectivity index (χ3v) is 12.4. The van der Waals surface area contributed by atoms with E-state index in [1.165, 1.54) is 180 Å². The number of ether oxygens (including phenoxy) is 3. The zero-order chi connectivity index (χ0) is 46.5. The number of esters is 3. The summed E-state index contributed by atoms with van der Waals surface area (Å²) in [6, 6.07) is 0. The van der Waals surface area contributed by atoms with E-state index < -0.39 is 6.10 Å². The van der Waals surface area contributed by atoms with E-state index in [9.17, 15) is 14.4 Å². The average Bonchev–Trinajstić information content (AvgIpc) is 3.29. The Labute approximate surface area is 397 Å². The minimum absolute atomic E-state index is 0.0697. The summed E-state index contributed by atoms with van der Waals surface area (Å²) in [6.07, 6.45) is 63.2. The second kappa shape index (κ2) is 53.2. The van der Waals surface area contributed by atoms with Crippen molar-refractivity contribution in [3.8, 4) is 0 Å². The number of rotatable bonds is 51. The van der Waals surface area contributed by atoms with Crippen molar-refractivity contribution >= 4 is 17.9 Å². The Morgan fingerprint density at radius 3 is 0.875 bits per heavy atom. The molecule has 6 nitrogen and oxygen atoms in total. The highest BCUT2D eigenvalue weighted by atomic mass is 16.6. The van der Waals surface area contributed by atoms with Crippen LogP contribution in [0.15, 0.2) is 36.5 Å². The minimum Gasteiger partial charge on any atom is -0.462 e. The van der Waals surface area contributed by atoms with Gasteiger partial charge in [0.15, 0.2) is 6.10 Å². The van der Waals surface area contributed by atoms with Crippen molar-refractivity contribution in [3.63, 3.8) is 0 Å². The Balaban J connectivity index is 4.02. The van der Waals surface area contributed by atoms with Crippen molar-refractivity contribution in [1.82, 2.24) is 0 Å². The Bertz CT molecular complexity index is 1080. The lowest BCUT2D eigenvalue weighted by Gasteiger charge is -2.18. The first-order valence-electron chi connectivity index (χ1n) is 28.0. The van der Waals surface area contributed by atoms with E-state index in [4.69, 9.17) is 14.2 Å². The van der Waals surface area contributed by atoms with Crippen LogP contribution < -0.4 is 0 Å². The van der Waals surface area contributed by atoms with Crippen LogP contribution in [0.5, 0.6) is 0 Å². The molecule has 0 rings (SSSR count). The van der Waals surface area contributed by atoms with E-state index in [1.807, 2.05) is 0 Å². The lowest BCUT2D eigenvalue weighted by Crippen LogP contribution is -2.30. The number of allylic oxidation sites excluding steroid dienone is 6. The quantitative estimate of drug-likeness (QED) is 0.0262. The number of carbonyl (C=O) groups is 3. The van der Waals surface area contributed by atoms with Crippen molar-refractivity contribution in [2.24, 2.45) is 0 Å². The number of hydrogen-bond acceptors (Lipinski definition) is 6. The first kappa shape index (κ1) is 61.6. The van der Waals surface area contributed by atoms with Crippen LogP contribution in [0.25, 0.3) is 0 Å². The van der Waals surface area contributed by atoms with Gasteiger partial charge in [0.2, 0.25) is 0 Å². The van der Waals surface area contributed by atoms with Crippen LogP contribution in [-0.2, 0) is 28.6 Å². The lowest BCUT2D eigenvalue weighted by atomic mass is 10.0. The van der Waals surface area contributed by atoms with Crippen molar-refractivity contribution < 1.29 is 28.6 Å². The molecule has 0 saturated heterocycles. The van der Waals surface area contributed by atoms with Crippen molar-refractivity contribution in [3.05, 3.63) is 36.5 Å². The summed E-state index contributed by atoms with van der Waals surface area (Å²) < 4.78 is 16.7. The normalized spacial score (nSPS) is 12.2. The highest BCUT2D eigenvalue weighted by Crippen LogP contribution is 2.16. The maximum atomic E-state index is 12.7. The topological polar surface area (TPSA) is 78.9 Å². The van der Waals surface area contributed by atoms with E-state index in [1.54, 1.807) is 0 Å². The molecule has 0 spiro atoms. The number of carbonyl (C=O) groups excluding carboxylic acids is 3. The van der Waals surface area contributed by atoms with Crippen LogP contribution in [0.1, 0.15) is 297 Å². The maximum Gasteiger partial charge on any atom is 0.306 e. The van der Waals surface area contributed by atoms with Gasteiger partial charge in [0.05, 0.1) is 0 Å². The van der Waals surface area contributed by atoms with Crippen molar-refractivity contribution in [1.29, 1.82) is 0 Å². The van der Waals surface area contributed by atoms with E-state index in [0.717, 1.165) is 77.0 Å². The van der Waals surface area contributed by atoms with Crippen molar-refractivity contribution in [2.75, 3.05) is 13.2 Å². The molecule has 0 amide bonds. The molecule has 0 aliphatic carbocycles. The Morgan fingerprint density at radius 2 is 0.562 bits per heavy atom. The molecular weight excluding hydrogens is 793 g/mol. The van der Waals surface area contributed by atoms with Gasteiger partial charge in [-0.3, -0.25) is 14.4 Å². The molecular formula is C58H106O6. The molecule has 0 N–H and O–H groups in total. The average molecular weight is 899 g/mol. The summed E-state index contributed by atoms with van der Waals surface area (Å²) in [6.45, 7) is 6.57. The van der Waals surface area contributed by atoms with Crippen LogP contribution in [-0.4, -0.2) is 37.2 Å². The van der Waals surface area contributed by atoms with Crippen LogP contribution in [0.4, 0.5) is 0 Å². The zero-order valence-corrected chi connectivity index (χ0v) is 42.8. The van der Waals surface area contributed by atoms with Crippen molar-refractivity contribution in [2.45, 2.75) is 303 Å². The van der Waals surface area contributed by atoms with Gasteiger partial charge in [0.25, 0.3) is 0 Å². The third kappa shape index (κ3) is 50.6. The molecule has 374 valence electrons. The zero-order valence-electron chi connectivity index (χ0n) is 42.8. The van der Waals surface area contributed by atoms with E-state index in [0.29, 0.717) is 19.3 Å². The number of hydrogen-bond donors (Lipinski definition) is 0. The molecule has 0 bridgehead atoms. The maximum absolute atomic E-state index is 12.7. The third-order valence-electron chi connectivity index (χ3n) is 12.4. The fourth-order valence-corrected chi connectivity index (χ4v) is 8.16. The van der Waals surface area contributed by atoms with Gasteiger partial charge in [-0.2, -0.15) is 0 Å². The molecule has 0 radical (unpaired) electrons. The molecule has 0 heterocycles. The smallest absolute Gasteiger partial charge is 0.306 e. The fraction of sp³-hybridized carbons (Fsp3) is 0.845. The highest BCUT2D eigenvalue weighted by molar-refractivity contribution is 5.71. The first-order chi connectivity index (χ1) is 31.5. The molecule has 0 aromatic heterocycles.